The van der Waals surface area contributed by atoms with E-state index in [-0.39, 0.29) is 29.4 Å². The molecule has 0 bridgehead atoms. The highest BCUT2D eigenvalue weighted by molar-refractivity contribution is 6.04. The smallest absolute Gasteiger partial charge is 0.258 e. The molecule has 0 saturated carbocycles. The lowest BCUT2D eigenvalue weighted by atomic mass is 10.1. The van der Waals surface area contributed by atoms with Gasteiger partial charge < -0.3 is 24.6 Å². The number of fused-ring (bicyclic) bond motifs is 1. The highest BCUT2D eigenvalue weighted by atomic mass is 19.1. The number of aliphatic hydroxyl groups is 1. The quantitative estimate of drug-likeness (QED) is 0.335. The van der Waals surface area contributed by atoms with Crippen LogP contribution in [0.25, 0.3) is 10.9 Å². The van der Waals surface area contributed by atoms with Crippen LogP contribution >= 0.6 is 0 Å². The second-order valence-corrected chi connectivity index (χ2v) is 7.75. The van der Waals surface area contributed by atoms with Gasteiger partial charge in [-0.05, 0) is 31.2 Å². The van der Waals surface area contributed by atoms with Crippen LogP contribution < -0.4 is 19.5 Å². The van der Waals surface area contributed by atoms with Crippen molar-refractivity contribution in [2.75, 3.05) is 19.0 Å². The first-order valence-corrected chi connectivity index (χ1v) is 10.8. The fourth-order valence-electron chi connectivity index (χ4n) is 3.41. The first-order valence-electron chi connectivity index (χ1n) is 10.8. The lowest BCUT2D eigenvalue weighted by molar-refractivity contribution is 0.102. The highest BCUT2D eigenvalue weighted by Gasteiger charge is 2.19. The summed E-state index contributed by atoms with van der Waals surface area (Å²) in [6, 6.07) is 11.5. The van der Waals surface area contributed by atoms with E-state index in [4.69, 9.17) is 14.2 Å². The largest absolute Gasteiger partial charge is 0.493 e. The van der Waals surface area contributed by atoms with Crippen LogP contribution in [0.2, 0.25) is 0 Å². The van der Waals surface area contributed by atoms with Gasteiger partial charge in [0.05, 0.1) is 24.8 Å². The highest BCUT2D eigenvalue weighted by Crippen LogP contribution is 2.39. The maximum atomic E-state index is 14.9. The number of carbonyl (C=O) groups is 1. The van der Waals surface area contributed by atoms with Crippen molar-refractivity contribution in [1.82, 2.24) is 4.98 Å². The molecule has 0 aliphatic rings. The van der Waals surface area contributed by atoms with Crippen molar-refractivity contribution in [3.63, 3.8) is 0 Å². The fourth-order valence-corrected chi connectivity index (χ4v) is 3.41. The van der Waals surface area contributed by atoms with E-state index >= 15 is 0 Å². The summed E-state index contributed by atoms with van der Waals surface area (Å²) in [5.74, 6) is -3.84. The lowest BCUT2D eigenvalue weighted by Crippen LogP contribution is -2.16. The molecule has 4 aromatic rings. The van der Waals surface area contributed by atoms with Crippen LogP contribution in [0.5, 0.6) is 23.0 Å². The van der Waals surface area contributed by atoms with Crippen molar-refractivity contribution in [1.29, 1.82) is 0 Å². The van der Waals surface area contributed by atoms with Crippen LogP contribution in [-0.2, 0) is 0 Å². The Bertz CT molecular complexity index is 1410. The third-order valence-corrected chi connectivity index (χ3v) is 5.16. The summed E-state index contributed by atoms with van der Waals surface area (Å²) in [6.45, 7) is 1.41. The average Bonchev–Trinajstić information content (AvgIpc) is 2.86. The zero-order chi connectivity index (χ0) is 25.8. The summed E-state index contributed by atoms with van der Waals surface area (Å²) < 4.78 is 60.1. The minimum atomic E-state index is -1.09. The number of carbonyl (C=O) groups excluding carboxylic acids is 1. The third kappa shape index (κ3) is 5.18. The van der Waals surface area contributed by atoms with Gasteiger partial charge in [0.15, 0.2) is 28.9 Å². The van der Waals surface area contributed by atoms with Gasteiger partial charge in [0.25, 0.3) is 5.91 Å². The summed E-state index contributed by atoms with van der Waals surface area (Å²) in [6.07, 6.45) is 0.853. The van der Waals surface area contributed by atoms with E-state index in [0.717, 1.165) is 18.2 Å². The second kappa shape index (κ2) is 10.5. The molecule has 36 heavy (non-hydrogen) atoms. The molecule has 0 saturated heterocycles. The van der Waals surface area contributed by atoms with Gasteiger partial charge in [-0.15, -0.1) is 0 Å². The Hall–Kier alpha value is -4.31. The van der Waals surface area contributed by atoms with Crippen LogP contribution in [0, 0.1) is 17.5 Å². The molecule has 0 spiro atoms. The van der Waals surface area contributed by atoms with E-state index in [1.54, 1.807) is 13.0 Å². The van der Waals surface area contributed by atoms with Gasteiger partial charge in [-0.3, -0.25) is 9.78 Å². The standard InChI is InChI=1S/C26H21F3N2O5/c1-14(13-32)35-24-11-17-21(12-23(24)34-2)30-8-7-22(17)36-25-19(28)9-15(10-20(25)29)31-26(33)16-5-3-4-6-18(16)27/h3-12,14,32H,13H2,1-2H3,(H,31,33)/t14-/m0/s1. The number of ether oxygens (including phenoxy) is 3. The molecule has 3 aromatic carbocycles. The molecule has 186 valence electrons. The zero-order valence-corrected chi connectivity index (χ0v) is 19.2. The molecule has 2 N–H and O–H groups in total. The second-order valence-electron chi connectivity index (χ2n) is 7.75. The Kier molecular flexibility index (Phi) is 7.25. The first kappa shape index (κ1) is 24.8. The maximum absolute atomic E-state index is 14.9. The van der Waals surface area contributed by atoms with Crippen LogP contribution in [0.3, 0.4) is 0 Å². The minimum absolute atomic E-state index is 0.0742. The molecular weight excluding hydrogens is 477 g/mol. The molecule has 0 radical (unpaired) electrons. The van der Waals surface area contributed by atoms with Crippen LogP contribution in [0.4, 0.5) is 18.9 Å². The Balaban J connectivity index is 1.65. The number of nitrogens with zero attached hydrogens (tertiary/aromatic N) is 1. The number of amides is 1. The number of nitrogens with one attached hydrogen (secondary N) is 1. The van der Waals surface area contributed by atoms with E-state index in [0.29, 0.717) is 16.7 Å². The monoisotopic (exact) mass is 498 g/mol. The molecule has 1 amide bonds. The molecule has 10 heteroatoms. The summed E-state index contributed by atoms with van der Waals surface area (Å²) >= 11 is 0. The number of hydrogen-bond donors (Lipinski definition) is 2. The van der Waals surface area contributed by atoms with E-state index in [2.05, 4.69) is 10.3 Å². The lowest BCUT2D eigenvalue weighted by Gasteiger charge is -2.17. The summed E-state index contributed by atoms with van der Waals surface area (Å²) in [7, 11) is 1.44. The van der Waals surface area contributed by atoms with Gasteiger partial charge in [-0.2, -0.15) is 0 Å². The Morgan fingerprint density at radius 2 is 1.72 bits per heavy atom. The van der Waals surface area contributed by atoms with Gasteiger partial charge in [0.2, 0.25) is 0 Å². The Morgan fingerprint density at radius 3 is 2.39 bits per heavy atom. The molecular formula is C26H21F3N2O5. The number of benzene rings is 3. The van der Waals surface area contributed by atoms with Crippen LogP contribution in [-0.4, -0.2) is 35.8 Å². The number of aliphatic hydroxyl groups excluding tert-OH is 1. The topological polar surface area (TPSA) is 89.9 Å². The molecule has 0 aliphatic heterocycles. The average molecular weight is 498 g/mol. The van der Waals surface area contributed by atoms with Crippen molar-refractivity contribution in [2.45, 2.75) is 13.0 Å². The van der Waals surface area contributed by atoms with Gasteiger partial charge in [-0.1, -0.05) is 12.1 Å². The van der Waals surface area contributed by atoms with Gasteiger partial charge in [-0.25, -0.2) is 13.2 Å². The number of pyridine rings is 1. The van der Waals surface area contributed by atoms with Gasteiger partial charge in [0.1, 0.15) is 17.7 Å². The van der Waals surface area contributed by atoms with Gasteiger partial charge >= 0.3 is 0 Å². The molecule has 4 rings (SSSR count). The summed E-state index contributed by atoms with van der Waals surface area (Å²) in [5, 5.41) is 11.9. The molecule has 0 unspecified atom stereocenters. The van der Waals surface area contributed by atoms with Crippen LogP contribution in [0.1, 0.15) is 17.3 Å². The third-order valence-electron chi connectivity index (χ3n) is 5.16. The van der Waals surface area contributed by atoms with E-state index in [9.17, 15) is 23.1 Å². The van der Waals surface area contributed by atoms with Crippen molar-refractivity contribution in [3.8, 4) is 23.0 Å². The number of anilines is 1. The van der Waals surface area contributed by atoms with Crippen molar-refractivity contribution >= 4 is 22.5 Å². The van der Waals surface area contributed by atoms with Crippen molar-refractivity contribution in [3.05, 3.63) is 83.8 Å². The van der Waals surface area contributed by atoms with Crippen molar-refractivity contribution in [2.24, 2.45) is 0 Å². The van der Waals surface area contributed by atoms with Gasteiger partial charge in [0, 0.05) is 35.5 Å². The number of hydrogen-bond acceptors (Lipinski definition) is 6. The number of rotatable bonds is 8. The predicted molar refractivity (Wildman–Crippen MR) is 126 cm³/mol. The predicted octanol–water partition coefficient (Wildman–Crippen LogP) is 5.46. The SMILES string of the molecule is COc1cc2nccc(Oc3c(F)cc(NC(=O)c4ccccc4F)cc3F)c2cc1O[C@@H](C)CO. The van der Waals surface area contributed by atoms with E-state index in [1.165, 1.54) is 43.6 Å². The van der Waals surface area contributed by atoms with Crippen LogP contribution in [0.15, 0.2) is 60.8 Å². The molecule has 1 aromatic heterocycles. The molecule has 0 fully saturated rings. The molecule has 1 heterocycles. The maximum Gasteiger partial charge on any atom is 0.258 e. The number of aromatic nitrogens is 1. The minimum Gasteiger partial charge on any atom is -0.493 e. The van der Waals surface area contributed by atoms with E-state index in [1.807, 2.05) is 0 Å². The Morgan fingerprint density at radius 1 is 1.00 bits per heavy atom. The molecule has 0 aliphatic carbocycles. The number of halogens is 3. The summed E-state index contributed by atoms with van der Waals surface area (Å²) in [5.41, 5.74) is -0.0857. The number of methoxy groups -OCH3 is 1. The normalized spacial score (nSPS) is 11.7. The van der Waals surface area contributed by atoms with Crippen molar-refractivity contribution < 1.29 is 37.3 Å². The van der Waals surface area contributed by atoms with E-state index < -0.39 is 35.2 Å². The first-order chi connectivity index (χ1) is 17.3. The zero-order valence-electron chi connectivity index (χ0n) is 19.2. The Labute approximate surface area is 204 Å². The summed E-state index contributed by atoms with van der Waals surface area (Å²) in [4.78, 5) is 16.5. The molecule has 7 nitrogen and oxygen atoms in total. The molecule has 1 atom stereocenters. The fraction of sp³-hybridized carbons (Fsp3) is 0.154.